The molecule has 1 aromatic heterocycles. The van der Waals surface area contributed by atoms with Gasteiger partial charge in [-0.2, -0.15) is 0 Å². The molecule has 108 valence electrons. The standard InChI is InChI=1S/C17H17FN2S/c1-12(2)21-17-19-15-5-3-4-6-16(15)20(17)11-13-7-9-14(18)10-8-13/h3-10,12H,11H2,1-2H3. The van der Waals surface area contributed by atoms with Crippen molar-refractivity contribution in [3.05, 3.63) is 59.9 Å². The molecule has 21 heavy (non-hydrogen) atoms. The van der Waals surface area contributed by atoms with E-state index in [4.69, 9.17) is 4.98 Å². The van der Waals surface area contributed by atoms with Gasteiger partial charge in [0, 0.05) is 5.25 Å². The monoisotopic (exact) mass is 300 g/mol. The zero-order chi connectivity index (χ0) is 14.8. The SMILES string of the molecule is CC(C)Sc1nc2ccccc2n1Cc1ccc(F)cc1. The topological polar surface area (TPSA) is 17.8 Å². The number of imidazole rings is 1. The van der Waals surface area contributed by atoms with Gasteiger partial charge in [-0.05, 0) is 29.8 Å². The van der Waals surface area contributed by atoms with Gasteiger partial charge in [0.15, 0.2) is 5.16 Å². The molecule has 0 N–H and O–H groups in total. The van der Waals surface area contributed by atoms with Gasteiger partial charge in [0.05, 0.1) is 17.6 Å². The highest BCUT2D eigenvalue weighted by molar-refractivity contribution is 7.99. The fourth-order valence-corrected chi connectivity index (χ4v) is 3.14. The summed E-state index contributed by atoms with van der Waals surface area (Å²) in [7, 11) is 0. The highest BCUT2D eigenvalue weighted by atomic mass is 32.2. The van der Waals surface area contributed by atoms with Gasteiger partial charge < -0.3 is 4.57 Å². The van der Waals surface area contributed by atoms with E-state index >= 15 is 0 Å². The summed E-state index contributed by atoms with van der Waals surface area (Å²) in [6.45, 7) is 5.02. The Bertz CT molecular complexity index is 747. The lowest BCUT2D eigenvalue weighted by Crippen LogP contribution is -2.03. The van der Waals surface area contributed by atoms with Gasteiger partial charge >= 0.3 is 0 Å². The number of hydrogen-bond acceptors (Lipinski definition) is 2. The van der Waals surface area contributed by atoms with E-state index in [1.54, 1.807) is 11.8 Å². The third kappa shape index (κ3) is 3.10. The molecule has 0 saturated carbocycles. The Morgan fingerprint density at radius 2 is 1.81 bits per heavy atom. The smallest absolute Gasteiger partial charge is 0.169 e. The number of halogens is 1. The van der Waals surface area contributed by atoms with E-state index in [1.807, 2.05) is 30.3 Å². The predicted molar refractivity (Wildman–Crippen MR) is 86.2 cm³/mol. The van der Waals surface area contributed by atoms with Crippen molar-refractivity contribution >= 4 is 22.8 Å². The second kappa shape index (κ2) is 5.90. The van der Waals surface area contributed by atoms with Crippen LogP contribution in [0.4, 0.5) is 4.39 Å². The number of aromatic nitrogens is 2. The summed E-state index contributed by atoms with van der Waals surface area (Å²) >= 11 is 1.75. The summed E-state index contributed by atoms with van der Waals surface area (Å²) in [6.07, 6.45) is 0. The Kier molecular flexibility index (Phi) is 3.97. The summed E-state index contributed by atoms with van der Waals surface area (Å²) in [4.78, 5) is 4.72. The fourth-order valence-electron chi connectivity index (χ4n) is 2.28. The van der Waals surface area contributed by atoms with Crippen LogP contribution in [0.2, 0.25) is 0 Å². The lowest BCUT2D eigenvalue weighted by atomic mass is 10.2. The van der Waals surface area contributed by atoms with E-state index in [2.05, 4.69) is 24.5 Å². The van der Waals surface area contributed by atoms with Gasteiger partial charge in [-0.3, -0.25) is 0 Å². The molecule has 0 amide bonds. The molecule has 0 unspecified atom stereocenters. The summed E-state index contributed by atoms with van der Waals surface area (Å²) in [5, 5.41) is 1.48. The van der Waals surface area contributed by atoms with Crippen LogP contribution in [0.15, 0.2) is 53.7 Å². The molecule has 4 heteroatoms. The average molecular weight is 300 g/mol. The largest absolute Gasteiger partial charge is 0.314 e. The van der Waals surface area contributed by atoms with Crippen molar-refractivity contribution in [1.29, 1.82) is 0 Å². The van der Waals surface area contributed by atoms with Gasteiger partial charge in [-0.25, -0.2) is 9.37 Å². The quantitative estimate of drug-likeness (QED) is 0.649. The van der Waals surface area contributed by atoms with Crippen molar-refractivity contribution in [3.8, 4) is 0 Å². The number of rotatable bonds is 4. The molecule has 0 saturated heterocycles. The molecule has 1 heterocycles. The Morgan fingerprint density at radius 1 is 1.10 bits per heavy atom. The maximum atomic E-state index is 13.0. The third-order valence-electron chi connectivity index (χ3n) is 3.21. The van der Waals surface area contributed by atoms with E-state index in [9.17, 15) is 4.39 Å². The van der Waals surface area contributed by atoms with Crippen LogP contribution in [0.1, 0.15) is 19.4 Å². The zero-order valence-electron chi connectivity index (χ0n) is 12.1. The Morgan fingerprint density at radius 3 is 2.52 bits per heavy atom. The second-order valence-corrected chi connectivity index (χ2v) is 6.81. The van der Waals surface area contributed by atoms with Gasteiger partial charge in [0.1, 0.15) is 5.82 Å². The van der Waals surface area contributed by atoms with Gasteiger partial charge in [-0.1, -0.05) is 49.9 Å². The van der Waals surface area contributed by atoms with Crippen LogP contribution in [0.5, 0.6) is 0 Å². The summed E-state index contributed by atoms with van der Waals surface area (Å²) in [5.74, 6) is -0.203. The molecule has 0 fully saturated rings. The van der Waals surface area contributed by atoms with Crippen molar-refractivity contribution in [2.45, 2.75) is 30.8 Å². The van der Waals surface area contributed by atoms with Crippen LogP contribution in [0, 0.1) is 5.82 Å². The molecule has 0 aliphatic rings. The lowest BCUT2D eigenvalue weighted by molar-refractivity contribution is 0.625. The Hall–Kier alpha value is -1.81. The first-order chi connectivity index (χ1) is 10.1. The number of thioether (sulfide) groups is 1. The van der Waals surface area contributed by atoms with Crippen LogP contribution >= 0.6 is 11.8 Å². The van der Waals surface area contributed by atoms with Crippen LogP contribution < -0.4 is 0 Å². The Balaban J connectivity index is 2.03. The van der Waals surface area contributed by atoms with Crippen molar-refractivity contribution in [3.63, 3.8) is 0 Å². The maximum absolute atomic E-state index is 13.0. The number of hydrogen-bond donors (Lipinski definition) is 0. The molecular formula is C17H17FN2S. The minimum absolute atomic E-state index is 0.203. The number of benzene rings is 2. The first-order valence-corrected chi connectivity index (χ1v) is 7.88. The fraction of sp³-hybridized carbons (Fsp3) is 0.235. The van der Waals surface area contributed by atoms with Crippen molar-refractivity contribution < 1.29 is 4.39 Å². The van der Waals surface area contributed by atoms with Crippen LogP contribution in [-0.2, 0) is 6.54 Å². The van der Waals surface area contributed by atoms with Crippen LogP contribution in [-0.4, -0.2) is 14.8 Å². The van der Waals surface area contributed by atoms with Crippen LogP contribution in [0.25, 0.3) is 11.0 Å². The molecule has 0 radical (unpaired) electrons. The summed E-state index contributed by atoms with van der Waals surface area (Å²) in [5.41, 5.74) is 3.19. The highest BCUT2D eigenvalue weighted by Gasteiger charge is 2.12. The lowest BCUT2D eigenvalue weighted by Gasteiger charge is -2.10. The molecule has 0 bridgehead atoms. The molecule has 3 rings (SSSR count). The predicted octanol–water partition coefficient (Wildman–Crippen LogP) is 4.72. The molecular weight excluding hydrogens is 283 g/mol. The molecule has 3 aromatic rings. The van der Waals surface area contributed by atoms with E-state index in [1.165, 1.54) is 12.1 Å². The minimum Gasteiger partial charge on any atom is -0.314 e. The maximum Gasteiger partial charge on any atom is 0.169 e. The van der Waals surface area contributed by atoms with E-state index in [0.29, 0.717) is 11.8 Å². The number of fused-ring (bicyclic) bond motifs is 1. The number of para-hydroxylation sites is 2. The van der Waals surface area contributed by atoms with Gasteiger partial charge in [-0.15, -0.1) is 0 Å². The molecule has 0 spiro atoms. The average Bonchev–Trinajstić information content (AvgIpc) is 2.78. The van der Waals surface area contributed by atoms with Crippen molar-refractivity contribution in [2.75, 3.05) is 0 Å². The molecule has 0 aliphatic carbocycles. The molecule has 2 nitrogen and oxygen atoms in total. The molecule has 0 aliphatic heterocycles. The van der Waals surface area contributed by atoms with Crippen LogP contribution in [0.3, 0.4) is 0 Å². The van der Waals surface area contributed by atoms with Crippen molar-refractivity contribution in [1.82, 2.24) is 9.55 Å². The zero-order valence-corrected chi connectivity index (χ0v) is 12.9. The highest BCUT2D eigenvalue weighted by Crippen LogP contribution is 2.27. The first-order valence-electron chi connectivity index (χ1n) is 7.00. The minimum atomic E-state index is -0.203. The molecule has 0 atom stereocenters. The van der Waals surface area contributed by atoms with Crippen molar-refractivity contribution in [2.24, 2.45) is 0 Å². The summed E-state index contributed by atoms with van der Waals surface area (Å²) < 4.78 is 15.2. The molecule has 2 aromatic carbocycles. The van der Waals surface area contributed by atoms with E-state index in [-0.39, 0.29) is 5.82 Å². The Labute approximate surface area is 128 Å². The first kappa shape index (κ1) is 14.1. The third-order valence-corrected chi connectivity index (χ3v) is 4.21. The normalized spacial score (nSPS) is 11.4. The van der Waals surface area contributed by atoms with E-state index < -0.39 is 0 Å². The summed E-state index contributed by atoms with van der Waals surface area (Å²) in [6, 6.07) is 14.8. The van der Waals surface area contributed by atoms with E-state index in [0.717, 1.165) is 21.8 Å². The van der Waals surface area contributed by atoms with Gasteiger partial charge in [0.25, 0.3) is 0 Å². The van der Waals surface area contributed by atoms with Gasteiger partial charge in [0.2, 0.25) is 0 Å². The second-order valence-electron chi connectivity index (χ2n) is 5.26. The number of nitrogens with zero attached hydrogens (tertiary/aromatic N) is 2.